The van der Waals surface area contributed by atoms with Crippen molar-refractivity contribution in [2.75, 3.05) is 20.3 Å². The first-order valence-corrected chi connectivity index (χ1v) is 5.35. The number of halogens is 1. The Balaban J connectivity index is 2.27. The zero-order valence-electron chi connectivity index (χ0n) is 8.29. The zero-order valence-corrected chi connectivity index (χ0v) is 9.87. The molecule has 4 nitrogen and oxygen atoms in total. The predicted octanol–water partition coefficient (Wildman–Crippen LogP) is 2.35. The largest absolute Gasteiger partial charge is 0.490 e. The maximum absolute atomic E-state index is 5.58. The smallest absolute Gasteiger partial charge is 0.131 e. The number of nitrogens with zero attached hydrogens (tertiary/aromatic N) is 1. The molecule has 0 aliphatic rings. The number of fused-ring (bicyclic) bond motifs is 1. The third-order valence-electron chi connectivity index (χ3n) is 2.03. The fraction of sp³-hybridized carbons (Fsp3) is 0.300. The Morgan fingerprint density at radius 1 is 1.40 bits per heavy atom. The average molecular weight is 271 g/mol. The summed E-state index contributed by atoms with van der Waals surface area (Å²) in [7, 11) is 1.65. The maximum atomic E-state index is 5.58. The minimum Gasteiger partial charge on any atom is -0.490 e. The number of nitrogens with one attached hydrogen (secondary N) is 1. The molecule has 80 valence electrons. The van der Waals surface area contributed by atoms with Crippen molar-refractivity contribution < 1.29 is 9.47 Å². The van der Waals surface area contributed by atoms with Crippen LogP contribution in [0.25, 0.3) is 10.9 Å². The molecule has 0 radical (unpaired) electrons. The lowest BCUT2D eigenvalue weighted by atomic mass is 10.2. The average Bonchev–Trinajstić information content (AvgIpc) is 2.65. The monoisotopic (exact) mass is 270 g/mol. The van der Waals surface area contributed by atoms with Gasteiger partial charge in [-0.15, -0.1) is 0 Å². The summed E-state index contributed by atoms with van der Waals surface area (Å²) in [6.45, 7) is 1.11. The van der Waals surface area contributed by atoms with Crippen molar-refractivity contribution in [3.05, 3.63) is 22.8 Å². The van der Waals surface area contributed by atoms with E-state index >= 15 is 0 Å². The van der Waals surface area contributed by atoms with Gasteiger partial charge in [0, 0.05) is 11.6 Å². The summed E-state index contributed by atoms with van der Waals surface area (Å²) >= 11 is 3.42. The lowest BCUT2D eigenvalue weighted by Gasteiger charge is -2.06. The number of hydrogen-bond donors (Lipinski definition) is 1. The summed E-state index contributed by atoms with van der Waals surface area (Å²) in [5, 5.41) is 7.85. The van der Waals surface area contributed by atoms with Crippen LogP contribution in [0, 0.1) is 0 Å². The van der Waals surface area contributed by atoms with Gasteiger partial charge in [-0.1, -0.05) is 15.9 Å². The molecule has 0 fully saturated rings. The molecule has 1 aromatic carbocycles. The van der Waals surface area contributed by atoms with E-state index in [-0.39, 0.29) is 0 Å². The Kier molecular flexibility index (Phi) is 3.23. The van der Waals surface area contributed by atoms with Gasteiger partial charge in [-0.25, -0.2) is 0 Å². The van der Waals surface area contributed by atoms with E-state index in [4.69, 9.17) is 9.47 Å². The van der Waals surface area contributed by atoms with Gasteiger partial charge in [0.05, 0.1) is 23.7 Å². The van der Waals surface area contributed by atoms with Gasteiger partial charge in [0.15, 0.2) is 0 Å². The molecular weight excluding hydrogens is 260 g/mol. The van der Waals surface area contributed by atoms with Gasteiger partial charge in [0.25, 0.3) is 0 Å². The summed E-state index contributed by atoms with van der Waals surface area (Å²) in [5.41, 5.74) is 0.955. The summed E-state index contributed by atoms with van der Waals surface area (Å²) in [6.07, 6.45) is 1.75. The van der Waals surface area contributed by atoms with Gasteiger partial charge < -0.3 is 9.47 Å². The molecule has 2 rings (SSSR count). The third kappa shape index (κ3) is 2.30. The number of ether oxygens (including phenoxy) is 2. The van der Waals surface area contributed by atoms with Crippen molar-refractivity contribution in [1.29, 1.82) is 0 Å². The van der Waals surface area contributed by atoms with Crippen molar-refractivity contribution in [3.8, 4) is 5.75 Å². The van der Waals surface area contributed by atoms with Crippen LogP contribution in [-0.4, -0.2) is 30.5 Å². The standard InChI is InChI=1S/C10H11BrN2O2/c1-14-2-3-15-10-5-7(11)4-9-8(10)6-12-13-9/h4-6H,2-3H2,1H3,(H,12,13). The van der Waals surface area contributed by atoms with Gasteiger partial charge >= 0.3 is 0 Å². The van der Waals surface area contributed by atoms with Gasteiger partial charge in [-0.2, -0.15) is 5.10 Å². The number of rotatable bonds is 4. The first kappa shape index (κ1) is 10.4. The lowest BCUT2D eigenvalue weighted by Crippen LogP contribution is -2.04. The molecule has 0 bridgehead atoms. The van der Waals surface area contributed by atoms with Gasteiger partial charge in [0.2, 0.25) is 0 Å². The number of aromatic nitrogens is 2. The van der Waals surface area contributed by atoms with Crippen LogP contribution in [0.4, 0.5) is 0 Å². The molecule has 1 aromatic heterocycles. The highest BCUT2D eigenvalue weighted by Gasteiger charge is 2.05. The van der Waals surface area contributed by atoms with Crippen LogP contribution in [0.15, 0.2) is 22.8 Å². The molecule has 0 atom stereocenters. The highest BCUT2D eigenvalue weighted by atomic mass is 79.9. The molecule has 0 spiro atoms. The summed E-state index contributed by atoms with van der Waals surface area (Å²) < 4.78 is 11.5. The van der Waals surface area contributed by atoms with Crippen molar-refractivity contribution in [3.63, 3.8) is 0 Å². The number of hydrogen-bond acceptors (Lipinski definition) is 3. The molecule has 0 unspecified atom stereocenters. The van der Waals surface area contributed by atoms with Gasteiger partial charge in [-0.3, -0.25) is 5.10 Å². The number of H-pyrrole nitrogens is 1. The topological polar surface area (TPSA) is 47.1 Å². The van der Waals surface area contributed by atoms with Crippen LogP contribution in [0.1, 0.15) is 0 Å². The van der Waals surface area contributed by atoms with E-state index in [0.29, 0.717) is 13.2 Å². The molecule has 0 saturated heterocycles. The van der Waals surface area contributed by atoms with Gasteiger partial charge in [-0.05, 0) is 12.1 Å². The molecule has 0 saturated carbocycles. The van der Waals surface area contributed by atoms with Crippen molar-refractivity contribution >= 4 is 26.8 Å². The molecule has 0 aliphatic heterocycles. The van der Waals surface area contributed by atoms with E-state index in [1.807, 2.05) is 12.1 Å². The Labute approximate surface area is 95.7 Å². The van der Waals surface area contributed by atoms with E-state index in [0.717, 1.165) is 21.1 Å². The molecule has 1 N–H and O–H groups in total. The Bertz CT molecular complexity index is 456. The highest BCUT2D eigenvalue weighted by Crippen LogP contribution is 2.28. The van der Waals surface area contributed by atoms with Crippen LogP contribution in [-0.2, 0) is 4.74 Å². The maximum Gasteiger partial charge on any atom is 0.131 e. The van der Waals surface area contributed by atoms with Crippen molar-refractivity contribution in [2.24, 2.45) is 0 Å². The normalized spacial score (nSPS) is 10.8. The van der Waals surface area contributed by atoms with E-state index in [9.17, 15) is 0 Å². The molecule has 0 amide bonds. The molecule has 5 heteroatoms. The quantitative estimate of drug-likeness (QED) is 0.868. The lowest BCUT2D eigenvalue weighted by molar-refractivity contribution is 0.147. The molecule has 15 heavy (non-hydrogen) atoms. The molecule has 1 heterocycles. The number of aromatic amines is 1. The van der Waals surface area contributed by atoms with E-state index in [1.54, 1.807) is 13.3 Å². The minimum atomic E-state index is 0.535. The Morgan fingerprint density at radius 2 is 2.27 bits per heavy atom. The van der Waals surface area contributed by atoms with Gasteiger partial charge in [0.1, 0.15) is 12.4 Å². The second-order valence-corrected chi connectivity index (χ2v) is 3.99. The molecular formula is C10H11BrN2O2. The van der Waals surface area contributed by atoms with E-state index < -0.39 is 0 Å². The minimum absolute atomic E-state index is 0.535. The first-order chi connectivity index (χ1) is 7.31. The first-order valence-electron chi connectivity index (χ1n) is 4.55. The zero-order chi connectivity index (χ0) is 10.7. The predicted molar refractivity (Wildman–Crippen MR) is 61.2 cm³/mol. The number of benzene rings is 1. The Morgan fingerprint density at radius 3 is 3.07 bits per heavy atom. The van der Waals surface area contributed by atoms with Crippen molar-refractivity contribution in [2.45, 2.75) is 0 Å². The summed E-state index contributed by atoms with van der Waals surface area (Å²) in [4.78, 5) is 0. The van der Waals surface area contributed by atoms with E-state index in [2.05, 4.69) is 26.1 Å². The van der Waals surface area contributed by atoms with Crippen LogP contribution in [0.3, 0.4) is 0 Å². The third-order valence-corrected chi connectivity index (χ3v) is 2.49. The fourth-order valence-corrected chi connectivity index (χ4v) is 1.78. The van der Waals surface area contributed by atoms with Crippen LogP contribution in [0.2, 0.25) is 0 Å². The molecule has 2 aromatic rings. The SMILES string of the molecule is COCCOc1cc(Br)cc2[nH]ncc12. The summed E-state index contributed by atoms with van der Waals surface area (Å²) in [6, 6.07) is 3.89. The van der Waals surface area contributed by atoms with Crippen LogP contribution in [0.5, 0.6) is 5.75 Å². The van der Waals surface area contributed by atoms with Crippen LogP contribution >= 0.6 is 15.9 Å². The second kappa shape index (κ2) is 4.63. The fourth-order valence-electron chi connectivity index (χ4n) is 1.34. The number of methoxy groups -OCH3 is 1. The van der Waals surface area contributed by atoms with Crippen LogP contribution < -0.4 is 4.74 Å². The molecule has 0 aliphatic carbocycles. The highest BCUT2D eigenvalue weighted by molar-refractivity contribution is 9.10. The van der Waals surface area contributed by atoms with E-state index in [1.165, 1.54) is 0 Å². The second-order valence-electron chi connectivity index (χ2n) is 3.08. The summed E-state index contributed by atoms with van der Waals surface area (Å²) in [5.74, 6) is 0.810. The Hall–Kier alpha value is -1.07. The van der Waals surface area contributed by atoms with Crippen molar-refractivity contribution in [1.82, 2.24) is 10.2 Å².